The van der Waals surface area contributed by atoms with Crippen LogP contribution in [0.15, 0.2) is 0 Å². The Labute approximate surface area is 108 Å². The molecule has 1 heterocycles. The highest BCUT2D eigenvalue weighted by Crippen LogP contribution is 2.43. The molecule has 1 amide bonds. The third kappa shape index (κ3) is 1.99. The molecular formula is C13H22N2OS. The van der Waals surface area contributed by atoms with Gasteiger partial charge in [-0.2, -0.15) is 11.8 Å². The van der Waals surface area contributed by atoms with E-state index in [9.17, 15) is 4.79 Å². The normalized spacial score (nSPS) is 29.9. The molecule has 2 aliphatic carbocycles. The maximum Gasteiger partial charge on any atom is 0.244 e. The molecule has 4 heteroatoms. The molecule has 2 saturated carbocycles. The van der Waals surface area contributed by atoms with E-state index in [1.54, 1.807) is 0 Å². The van der Waals surface area contributed by atoms with Crippen molar-refractivity contribution in [1.82, 2.24) is 10.2 Å². The molecule has 0 atom stereocenters. The number of amides is 1. The Kier molecular flexibility index (Phi) is 2.90. The summed E-state index contributed by atoms with van der Waals surface area (Å²) in [4.78, 5) is 14.4. The van der Waals surface area contributed by atoms with Gasteiger partial charge in [0.2, 0.25) is 5.91 Å². The average molecular weight is 254 g/mol. The van der Waals surface area contributed by atoms with E-state index in [0.717, 1.165) is 26.1 Å². The lowest BCUT2D eigenvalue weighted by Crippen LogP contribution is -2.44. The van der Waals surface area contributed by atoms with Crippen LogP contribution in [0.25, 0.3) is 0 Å². The number of nitrogens with zero attached hydrogens (tertiary/aromatic N) is 1. The molecule has 3 aliphatic rings. The second-order valence-electron chi connectivity index (χ2n) is 5.87. The third-order valence-corrected chi connectivity index (χ3v) is 6.14. The summed E-state index contributed by atoms with van der Waals surface area (Å²) in [5.74, 6) is 0.372. The molecular weight excluding hydrogens is 232 g/mol. The Bertz CT molecular complexity index is 321. The molecule has 1 saturated heterocycles. The second-order valence-corrected chi connectivity index (χ2v) is 7.14. The molecule has 0 radical (unpaired) electrons. The first-order valence-corrected chi connectivity index (χ1v) is 8.02. The van der Waals surface area contributed by atoms with E-state index in [-0.39, 0.29) is 5.54 Å². The molecule has 3 fully saturated rings. The van der Waals surface area contributed by atoms with Crippen LogP contribution in [-0.4, -0.2) is 40.6 Å². The van der Waals surface area contributed by atoms with Gasteiger partial charge in [-0.3, -0.25) is 10.1 Å². The van der Waals surface area contributed by atoms with Crippen molar-refractivity contribution in [3.63, 3.8) is 0 Å². The number of rotatable bonds is 3. The van der Waals surface area contributed by atoms with Crippen LogP contribution >= 0.6 is 11.8 Å². The fraction of sp³-hybridized carbons (Fsp3) is 0.923. The van der Waals surface area contributed by atoms with Crippen molar-refractivity contribution in [2.45, 2.75) is 55.2 Å². The lowest BCUT2D eigenvalue weighted by molar-refractivity contribution is -0.130. The Morgan fingerprint density at radius 1 is 1.24 bits per heavy atom. The van der Waals surface area contributed by atoms with Gasteiger partial charge in [0.15, 0.2) is 0 Å². The van der Waals surface area contributed by atoms with Crippen molar-refractivity contribution in [1.29, 1.82) is 0 Å². The summed E-state index contributed by atoms with van der Waals surface area (Å²) in [6.45, 7) is 1.74. The minimum Gasteiger partial charge on any atom is -0.327 e. The average Bonchev–Trinajstić information content (AvgIpc) is 3.10. The monoisotopic (exact) mass is 254 g/mol. The maximum absolute atomic E-state index is 12.3. The predicted octanol–water partition coefficient (Wildman–Crippen LogP) is 1.97. The van der Waals surface area contributed by atoms with Crippen molar-refractivity contribution >= 4 is 17.7 Å². The predicted molar refractivity (Wildman–Crippen MR) is 71.0 cm³/mol. The molecule has 0 aromatic rings. The van der Waals surface area contributed by atoms with E-state index in [1.165, 1.54) is 32.1 Å². The van der Waals surface area contributed by atoms with Gasteiger partial charge in [0, 0.05) is 11.3 Å². The highest BCUT2D eigenvalue weighted by Gasteiger charge is 2.56. The number of thioether (sulfide) groups is 1. The molecule has 0 bridgehead atoms. The summed E-state index contributed by atoms with van der Waals surface area (Å²) >= 11 is 1.98. The highest BCUT2D eigenvalue weighted by atomic mass is 32.2. The number of nitrogens with one attached hydrogen (secondary N) is 1. The Morgan fingerprint density at radius 3 is 2.47 bits per heavy atom. The summed E-state index contributed by atoms with van der Waals surface area (Å²) < 4.78 is 0.343. The van der Waals surface area contributed by atoms with Crippen molar-refractivity contribution in [3.05, 3.63) is 0 Å². The summed E-state index contributed by atoms with van der Waals surface area (Å²) in [6.07, 6.45) is 10.9. The van der Waals surface area contributed by atoms with E-state index in [1.807, 2.05) is 11.8 Å². The summed E-state index contributed by atoms with van der Waals surface area (Å²) in [5.41, 5.74) is -0.117. The summed E-state index contributed by atoms with van der Waals surface area (Å²) in [5, 5.41) is 3.40. The number of hydrogen-bond acceptors (Lipinski definition) is 3. The second kappa shape index (κ2) is 4.16. The van der Waals surface area contributed by atoms with E-state index < -0.39 is 0 Å². The number of carbonyl (C=O) groups is 1. The van der Waals surface area contributed by atoms with Gasteiger partial charge in [0.25, 0.3) is 0 Å². The van der Waals surface area contributed by atoms with Gasteiger partial charge in [-0.05, 0) is 31.9 Å². The Balaban J connectivity index is 1.67. The molecule has 0 aromatic carbocycles. The lowest BCUT2D eigenvalue weighted by Gasteiger charge is -2.38. The van der Waals surface area contributed by atoms with Crippen molar-refractivity contribution in [2.24, 2.45) is 0 Å². The molecule has 0 aromatic heterocycles. The molecule has 3 rings (SSSR count). The van der Waals surface area contributed by atoms with Crippen molar-refractivity contribution < 1.29 is 4.79 Å². The van der Waals surface area contributed by atoms with Gasteiger partial charge in [-0.1, -0.05) is 19.3 Å². The zero-order chi connectivity index (χ0) is 11.9. The smallest absolute Gasteiger partial charge is 0.244 e. The zero-order valence-corrected chi connectivity index (χ0v) is 11.4. The molecule has 1 aliphatic heterocycles. The first-order chi connectivity index (χ1) is 8.20. The zero-order valence-electron chi connectivity index (χ0n) is 10.6. The summed E-state index contributed by atoms with van der Waals surface area (Å²) in [6, 6.07) is 0. The number of hydrogen-bond donors (Lipinski definition) is 1. The van der Waals surface area contributed by atoms with Gasteiger partial charge in [-0.25, -0.2) is 0 Å². The molecule has 1 N–H and O–H groups in total. The minimum atomic E-state index is -0.117. The standard InChI is InChI=1S/C13H22N2OS/c1-17-12(5-3-2-4-6-12)9-15-10-14-13(7-8-13)11(15)16/h14H,2-10H2,1H3. The molecule has 1 spiro atoms. The first-order valence-electron chi connectivity index (χ1n) is 6.79. The van der Waals surface area contributed by atoms with E-state index in [2.05, 4.69) is 16.5 Å². The van der Waals surface area contributed by atoms with Crippen LogP contribution in [0.2, 0.25) is 0 Å². The topological polar surface area (TPSA) is 32.3 Å². The van der Waals surface area contributed by atoms with Crippen molar-refractivity contribution in [3.8, 4) is 0 Å². The van der Waals surface area contributed by atoms with Gasteiger partial charge >= 0.3 is 0 Å². The minimum absolute atomic E-state index is 0.117. The summed E-state index contributed by atoms with van der Waals surface area (Å²) in [7, 11) is 0. The van der Waals surface area contributed by atoms with Crippen LogP contribution in [0, 0.1) is 0 Å². The number of carbonyl (C=O) groups excluding carboxylic acids is 1. The van der Waals surface area contributed by atoms with Crippen LogP contribution in [0.3, 0.4) is 0 Å². The SMILES string of the molecule is CSC1(CN2CNC3(CC3)C2=O)CCCCC1. The van der Waals surface area contributed by atoms with Crippen LogP contribution in [-0.2, 0) is 4.79 Å². The Morgan fingerprint density at radius 2 is 1.94 bits per heavy atom. The van der Waals surface area contributed by atoms with E-state index in [0.29, 0.717) is 10.7 Å². The fourth-order valence-electron chi connectivity index (χ4n) is 3.31. The van der Waals surface area contributed by atoms with Crippen LogP contribution in [0.1, 0.15) is 44.9 Å². The fourth-order valence-corrected chi connectivity index (χ4v) is 4.29. The quantitative estimate of drug-likeness (QED) is 0.836. The van der Waals surface area contributed by atoms with Crippen LogP contribution in [0.5, 0.6) is 0 Å². The van der Waals surface area contributed by atoms with Gasteiger partial charge in [0.1, 0.15) is 0 Å². The third-order valence-electron chi connectivity index (χ3n) is 4.73. The lowest BCUT2D eigenvalue weighted by atomic mass is 9.88. The van der Waals surface area contributed by atoms with Gasteiger partial charge < -0.3 is 4.90 Å². The van der Waals surface area contributed by atoms with E-state index >= 15 is 0 Å². The molecule has 0 unspecified atom stereocenters. The maximum atomic E-state index is 12.3. The Hall–Kier alpha value is -0.220. The van der Waals surface area contributed by atoms with Gasteiger partial charge in [0.05, 0.1) is 12.2 Å². The largest absolute Gasteiger partial charge is 0.327 e. The first kappa shape index (κ1) is 11.8. The van der Waals surface area contributed by atoms with Crippen LogP contribution in [0.4, 0.5) is 0 Å². The van der Waals surface area contributed by atoms with Crippen molar-refractivity contribution in [2.75, 3.05) is 19.5 Å². The molecule has 17 heavy (non-hydrogen) atoms. The van der Waals surface area contributed by atoms with Gasteiger partial charge in [-0.15, -0.1) is 0 Å². The highest BCUT2D eigenvalue weighted by molar-refractivity contribution is 8.00. The van der Waals surface area contributed by atoms with Crippen LogP contribution < -0.4 is 5.32 Å². The van der Waals surface area contributed by atoms with E-state index in [4.69, 9.17) is 0 Å². The molecule has 96 valence electrons. The molecule has 3 nitrogen and oxygen atoms in total.